The number of nitrogens with one attached hydrogen (secondary N) is 2. The number of sulfone groups is 1. The van der Waals surface area contributed by atoms with Gasteiger partial charge >= 0.3 is 0 Å². The number of aryl methyl sites for hydroxylation is 1. The zero-order valence-electron chi connectivity index (χ0n) is 27.8. The number of benzene rings is 2. The maximum atomic E-state index is 13.0. The zero-order chi connectivity index (χ0) is 33.2. The Kier molecular flexibility index (Phi) is 10.6. The highest BCUT2D eigenvalue weighted by Gasteiger charge is 2.33. The van der Waals surface area contributed by atoms with E-state index in [0.29, 0.717) is 35.5 Å². The van der Waals surface area contributed by atoms with E-state index >= 15 is 0 Å². The third-order valence-electron chi connectivity index (χ3n) is 8.64. The summed E-state index contributed by atoms with van der Waals surface area (Å²) in [6.45, 7) is 15.7. The number of anilines is 4. The van der Waals surface area contributed by atoms with E-state index in [-0.39, 0.29) is 21.8 Å². The molecule has 9 nitrogen and oxygen atoms in total. The lowest BCUT2D eigenvalue weighted by Gasteiger charge is -2.45. The van der Waals surface area contributed by atoms with Crippen LogP contribution in [0.15, 0.2) is 53.6 Å². The Morgan fingerprint density at radius 1 is 1.04 bits per heavy atom. The monoisotopic (exact) mass is 667 g/mol. The summed E-state index contributed by atoms with van der Waals surface area (Å²) in [6.07, 6.45) is 6.96. The molecule has 2 atom stereocenters. The lowest BCUT2D eigenvalue weighted by Crippen LogP contribution is -2.50. The molecule has 2 aliphatic heterocycles. The van der Waals surface area contributed by atoms with E-state index in [4.69, 9.17) is 21.1 Å². The third kappa shape index (κ3) is 7.51. The summed E-state index contributed by atoms with van der Waals surface area (Å²) in [7, 11) is -3.54. The maximum absolute atomic E-state index is 13.0. The van der Waals surface area contributed by atoms with Gasteiger partial charge in [-0.2, -0.15) is 4.98 Å². The molecule has 1 fully saturated rings. The zero-order valence-corrected chi connectivity index (χ0v) is 29.4. The second-order valence-electron chi connectivity index (χ2n) is 12.8. The van der Waals surface area contributed by atoms with E-state index in [0.717, 1.165) is 43.7 Å². The second-order valence-corrected chi connectivity index (χ2v) is 15.7. The van der Waals surface area contributed by atoms with Gasteiger partial charge in [0, 0.05) is 31.3 Å². The fourth-order valence-corrected chi connectivity index (χ4v) is 7.80. The standard InChI is InChI=1S/C35H46ClN5O4S/c1-21(2)45-32-19-28(26-17-24(6)41(25(7)18-26)27-12-14-44-15-13-27)23(5)16-31(32)39-35-37-20-29(36)34(40-35)38-30-10-8-9-11-33(30)46(42,43)22(3)4/h8-11,16-17,19-22,24-25,27H,12-15,18H2,1-7H3,(H2,37,38,39,40)/t24-,25+/m0/s1. The minimum absolute atomic E-state index is 0.0546. The highest BCUT2D eigenvalue weighted by atomic mass is 35.5. The van der Waals surface area contributed by atoms with Gasteiger partial charge in [-0.15, -0.1) is 0 Å². The summed E-state index contributed by atoms with van der Waals surface area (Å²) in [5.41, 5.74) is 4.74. The smallest absolute Gasteiger partial charge is 0.229 e. The van der Waals surface area contributed by atoms with E-state index in [2.05, 4.69) is 64.5 Å². The number of rotatable bonds is 10. The van der Waals surface area contributed by atoms with Gasteiger partial charge in [-0.05, 0) is 109 Å². The largest absolute Gasteiger partial charge is 0.489 e. The van der Waals surface area contributed by atoms with Crippen molar-refractivity contribution in [1.82, 2.24) is 14.9 Å². The normalized spacial score (nSPS) is 19.7. The molecule has 46 heavy (non-hydrogen) atoms. The van der Waals surface area contributed by atoms with Crippen LogP contribution >= 0.6 is 11.6 Å². The van der Waals surface area contributed by atoms with E-state index < -0.39 is 15.1 Å². The Labute approximate surface area is 278 Å². The predicted octanol–water partition coefficient (Wildman–Crippen LogP) is 7.94. The van der Waals surface area contributed by atoms with Gasteiger partial charge in [0.05, 0.1) is 33.8 Å². The molecule has 0 aliphatic carbocycles. The molecule has 1 saturated heterocycles. The number of hydrogen-bond acceptors (Lipinski definition) is 9. The molecule has 0 unspecified atom stereocenters. The fraction of sp³-hybridized carbons (Fsp3) is 0.486. The Bertz CT molecular complexity index is 1690. The first-order valence-electron chi connectivity index (χ1n) is 16.1. The lowest BCUT2D eigenvalue weighted by atomic mass is 9.87. The summed E-state index contributed by atoms with van der Waals surface area (Å²) in [5, 5.41) is 6.13. The molecule has 0 radical (unpaired) electrons. The van der Waals surface area contributed by atoms with Gasteiger partial charge in [-0.1, -0.05) is 29.8 Å². The molecule has 3 aromatic rings. The molecule has 0 amide bonds. The van der Waals surface area contributed by atoms with Crippen molar-refractivity contribution in [3.05, 3.63) is 64.8 Å². The summed E-state index contributed by atoms with van der Waals surface area (Å²) in [6, 6.07) is 12.2. The lowest BCUT2D eigenvalue weighted by molar-refractivity contribution is 0.00901. The number of aromatic nitrogens is 2. The third-order valence-corrected chi connectivity index (χ3v) is 11.1. The minimum Gasteiger partial charge on any atom is -0.489 e. The molecule has 3 heterocycles. The van der Waals surface area contributed by atoms with Crippen LogP contribution in [0.1, 0.15) is 71.9 Å². The van der Waals surface area contributed by atoms with Gasteiger partial charge in [0.2, 0.25) is 5.95 Å². The van der Waals surface area contributed by atoms with Crippen LogP contribution in [0.25, 0.3) is 5.57 Å². The average Bonchev–Trinajstić information content (AvgIpc) is 3.00. The van der Waals surface area contributed by atoms with Crippen molar-refractivity contribution in [2.24, 2.45) is 0 Å². The van der Waals surface area contributed by atoms with Gasteiger partial charge in [0.25, 0.3) is 0 Å². The van der Waals surface area contributed by atoms with Crippen molar-refractivity contribution >= 4 is 50.2 Å². The molecule has 0 spiro atoms. The molecular formula is C35H46ClN5O4S. The second kappa shape index (κ2) is 14.3. The Hall–Kier alpha value is -3.18. The van der Waals surface area contributed by atoms with Crippen LogP contribution < -0.4 is 15.4 Å². The van der Waals surface area contributed by atoms with Gasteiger partial charge in [-0.25, -0.2) is 13.4 Å². The Morgan fingerprint density at radius 3 is 2.43 bits per heavy atom. The quantitative estimate of drug-likeness (QED) is 0.223. The van der Waals surface area contributed by atoms with Crippen LogP contribution in [0, 0.1) is 6.92 Å². The highest BCUT2D eigenvalue weighted by molar-refractivity contribution is 7.92. The molecule has 2 aromatic carbocycles. The van der Waals surface area contributed by atoms with Gasteiger partial charge < -0.3 is 20.1 Å². The van der Waals surface area contributed by atoms with Crippen molar-refractivity contribution in [3.8, 4) is 5.75 Å². The molecule has 0 saturated carbocycles. The highest BCUT2D eigenvalue weighted by Crippen LogP contribution is 2.39. The van der Waals surface area contributed by atoms with Crippen molar-refractivity contribution < 1.29 is 17.9 Å². The van der Waals surface area contributed by atoms with Crippen molar-refractivity contribution in [1.29, 1.82) is 0 Å². The van der Waals surface area contributed by atoms with E-state index in [1.54, 1.807) is 38.1 Å². The van der Waals surface area contributed by atoms with Crippen molar-refractivity contribution in [2.45, 2.75) is 102 Å². The molecule has 248 valence electrons. The molecule has 0 bridgehead atoms. The molecule has 2 aliphatic rings. The number of hydrogen-bond donors (Lipinski definition) is 2. The van der Waals surface area contributed by atoms with Crippen LogP contribution in [0.3, 0.4) is 0 Å². The van der Waals surface area contributed by atoms with E-state index in [1.165, 1.54) is 17.3 Å². The molecule has 1 aromatic heterocycles. The van der Waals surface area contributed by atoms with Gasteiger partial charge in [0.15, 0.2) is 15.7 Å². The van der Waals surface area contributed by atoms with Crippen molar-refractivity contribution in [3.63, 3.8) is 0 Å². The molecule has 2 N–H and O–H groups in total. The molecule has 11 heteroatoms. The summed E-state index contributed by atoms with van der Waals surface area (Å²) < 4.78 is 38.0. The molecular weight excluding hydrogens is 622 g/mol. The predicted molar refractivity (Wildman–Crippen MR) is 187 cm³/mol. The van der Waals surface area contributed by atoms with E-state index in [1.807, 2.05) is 13.8 Å². The maximum Gasteiger partial charge on any atom is 0.229 e. The SMILES string of the molecule is Cc1cc(Nc2ncc(Cl)c(Nc3ccccc3S(=O)(=O)C(C)C)n2)c(OC(C)C)cc1C1=C[C@H](C)N(C2CCOCC2)[C@H](C)C1. The van der Waals surface area contributed by atoms with Crippen molar-refractivity contribution in [2.75, 3.05) is 23.8 Å². The van der Waals surface area contributed by atoms with Crippen LogP contribution in [0.4, 0.5) is 23.1 Å². The Balaban J connectivity index is 1.44. The number of halogens is 1. The van der Waals surface area contributed by atoms with Crippen LogP contribution in [-0.4, -0.2) is 66.0 Å². The number of ether oxygens (including phenoxy) is 2. The number of para-hydroxylation sites is 1. The van der Waals surface area contributed by atoms with Crippen LogP contribution in [-0.2, 0) is 14.6 Å². The van der Waals surface area contributed by atoms with Gasteiger partial charge in [0.1, 0.15) is 10.8 Å². The van der Waals surface area contributed by atoms with Crippen LogP contribution in [0.2, 0.25) is 5.02 Å². The first-order valence-corrected chi connectivity index (χ1v) is 18.0. The topological polar surface area (TPSA) is 106 Å². The first kappa shape index (κ1) is 34.2. The van der Waals surface area contributed by atoms with Gasteiger partial charge in [-0.3, -0.25) is 4.90 Å². The van der Waals surface area contributed by atoms with E-state index in [9.17, 15) is 8.42 Å². The average molecular weight is 668 g/mol. The molecule has 5 rings (SSSR count). The summed E-state index contributed by atoms with van der Waals surface area (Å²) >= 11 is 6.49. The minimum atomic E-state index is -3.54. The fourth-order valence-electron chi connectivity index (χ4n) is 6.46. The summed E-state index contributed by atoms with van der Waals surface area (Å²) in [5.74, 6) is 1.28. The first-order chi connectivity index (χ1) is 21.8. The summed E-state index contributed by atoms with van der Waals surface area (Å²) in [4.78, 5) is 11.9. The number of nitrogens with zero attached hydrogens (tertiary/aromatic N) is 3. The Morgan fingerprint density at radius 2 is 1.76 bits per heavy atom. The van der Waals surface area contributed by atoms with Crippen LogP contribution in [0.5, 0.6) is 5.75 Å².